The Morgan fingerprint density at radius 1 is 1.46 bits per heavy atom. The first-order valence-electron chi connectivity index (χ1n) is 9.19. The highest BCUT2D eigenvalue weighted by Gasteiger charge is 2.36. The van der Waals surface area contributed by atoms with Gasteiger partial charge in [-0.1, -0.05) is 25.1 Å². The third-order valence-electron chi connectivity index (χ3n) is 5.36. The maximum atomic E-state index is 12.4. The van der Waals surface area contributed by atoms with E-state index in [0.29, 0.717) is 6.54 Å². The molecule has 4 unspecified atom stereocenters. The van der Waals surface area contributed by atoms with E-state index in [4.69, 9.17) is 9.57 Å². The second-order valence-corrected chi connectivity index (χ2v) is 7.18. The minimum absolute atomic E-state index is 0.0113. The highest BCUT2D eigenvalue weighted by Crippen LogP contribution is 2.33. The molecule has 5 atom stereocenters. The lowest BCUT2D eigenvalue weighted by molar-refractivity contribution is -0.158. The van der Waals surface area contributed by atoms with Crippen molar-refractivity contribution in [3.05, 3.63) is 34.9 Å². The summed E-state index contributed by atoms with van der Waals surface area (Å²) in [5, 5.41) is 16.1. The summed E-state index contributed by atoms with van der Waals surface area (Å²) in [6, 6.07) is 6.32. The van der Waals surface area contributed by atoms with Crippen LogP contribution in [-0.2, 0) is 20.8 Å². The molecule has 8 nitrogen and oxygen atoms in total. The molecule has 26 heavy (non-hydrogen) atoms. The first kappa shape index (κ1) is 17.8. The number of rotatable bonds is 4. The molecule has 3 aliphatic rings. The lowest BCUT2D eigenvalue weighted by Gasteiger charge is -2.18. The summed E-state index contributed by atoms with van der Waals surface area (Å²) in [6.45, 7) is 2.46. The van der Waals surface area contributed by atoms with Crippen LogP contribution in [0.2, 0.25) is 0 Å². The number of aryl methyl sites for hydroxylation is 1. The normalized spacial score (nSPS) is 34.2. The summed E-state index contributed by atoms with van der Waals surface area (Å²) in [5.41, 5.74) is 6.57. The minimum atomic E-state index is -1.01. The third-order valence-corrected chi connectivity index (χ3v) is 5.36. The van der Waals surface area contributed by atoms with Crippen LogP contribution in [0, 0.1) is 0 Å². The van der Waals surface area contributed by atoms with Gasteiger partial charge in [-0.25, -0.2) is 0 Å². The van der Waals surface area contributed by atoms with Crippen LogP contribution >= 0.6 is 0 Å². The number of nitrogens with zero attached hydrogens (tertiary/aromatic N) is 1. The van der Waals surface area contributed by atoms with Crippen molar-refractivity contribution in [2.45, 2.75) is 57.1 Å². The van der Waals surface area contributed by atoms with E-state index >= 15 is 0 Å². The number of nitrogens with one attached hydrogen (secondary N) is 3. The van der Waals surface area contributed by atoms with Crippen LogP contribution in [0.15, 0.2) is 18.2 Å². The molecule has 1 aliphatic carbocycles. The summed E-state index contributed by atoms with van der Waals surface area (Å²) in [7, 11) is 1.72. The van der Waals surface area contributed by atoms with Crippen LogP contribution in [0.25, 0.3) is 0 Å². The van der Waals surface area contributed by atoms with E-state index in [1.54, 1.807) is 11.9 Å². The summed E-state index contributed by atoms with van der Waals surface area (Å²) in [6.07, 6.45) is 1.07. The Morgan fingerprint density at radius 3 is 3.00 bits per heavy atom. The predicted molar refractivity (Wildman–Crippen MR) is 93.3 cm³/mol. The Morgan fingerprint density at radius 2 is 2.31 bits per heavy atom. The van der Waals surface area contributed by atoms with Crippen LogP contribution in [0.1, 0.15) is 48.7 Å². The van der Waals surface area contributed by atoms with Crippen molar-refractivity contribution in [2.24, 2.45) is 0 Å². The molecule has 1 aromatic rings. The topological polar surface area (TPSA) is 95.1 Å². The Kier molecular flexibility index (Phi) is 4.96. The number of aliphatic hydroxyl groups excluding tert-OH is 1. The summed E-state index contributed by atoms with van der Waals surface area (Å²) >= 11 is 0. The molecule has 0 aromatic heterocycles. The van der Waals surface area contributed by atoms with Gasteiger partial charge in [0.2, 0.25) is 6.41 Å². The van der Waals surface area contributed by atoms with Gasteiger partial charge < -0.3 is 15.2 Å². The number of hydroxylamine groups is 1. The quantitative estimate of drug-likeness (QED) is 0.610. The molecule has 2 saturated heterocycles. The number of carbonyl (C=O) groups is 1. The van der Waals surface area contributed by atoms with E-state index in [1.165, 1.54) is 5.56 Å². The standard InChI is InChI=1S/C18H26N4O4/c1-3-15-20-16(21-26-15)11-4-6-12-10(8-11)5-7-13(12)19-17(23)14-9-22(2)18(24)25-14/h4,6,8,13-16,18,20-21,24H,3,5,7,9H2,1-2H3,(H,19,23)/t13-,14?,15?,16?,18?/m1/s1. The largest absolute Gasteiger partial charge is 0.356 e. The van der Waals surface area contributed by atoms with Crippen molar-refractivity contribution in [1.82, 2.24) is 21.0 Å². The van der Waals surface area contributed by atoms with Gasteiger partial charge in [-0.15, -0.1) is 0 Å². The first-order chi connectivity index (χ1) is 12.5. The van der Waals surface area contributed by atoms with Crippen LogP contribution in [-0.4, -0.2) is 48.3 Å². The molecular weight excluding hydrogens is 336 g/mol. The van der Waals surface area contributed by atoms with E-state index < -0.39 is 12.5 Å². The molecule has 0 saturated carbocycles. The molecular formula is C18H26N4O4. The molecule has 0 bridgehead atoms. The van der Waals surface area contributed by atoms with E-state index in [2.05, 4.69) is 41.2 Å². The minimum Gasteiger partial charge on any atom is -0.356 e. The zero-order valence-electron chi connectivity index (χ0n) is 15.1. The van der Waals surface area contributed by atoms with Gasteiger partial charge in [0.25, 0.3) is 5.91 Å². The van der Waals surface area contributed by atoms with Crippen LogP contribution in [0.5, 0.6) is 0 Å². The Labute approximate surface area is 152 Å². The van der Waals surface area contributed by atoms with Crippen molar-refractivity contribution in [3.63, 3.8) is 0 Å². The van der Waals surface area contributed by atoms with Crippen molar-refractivity contribution in [3.8, 4) is 0 Å². The number of benzene rings is 1. The molecule has 8 heteroatoms. The van der Waals surface area contributed by atoms with Crippen molar-refractivity contribution >= 4 is 5.91 Å². The lowest BCUT2D eigenvalue weighted by atomic mass is 10.0. The fraction of sp³-hybridized carbons (Fsp3) is 0.611. The fourth-order valence-electron chi connectivity index (χ4n) is 3.79. The molecule has 2 heterocycles. The Bertz CT molecular complexity index is 675. The highest BCUT2D eigenvalue weighted by atomic mass is 16.7. The molecule has 1 amide bonds. The molecule has 1 aromatic carbocycles. The molecule has 0 radical (unpaired) electrons. The van der Waals surface area contributed by atoms with Gasteiger partial charge in [0, 0.05) is 6.54 Å². The third kappa shape index (κ3) is 3.36. The number of aliphatic hydroxyl groups is 1. The number of hydrogen-bond acceptors (Lipinski definition) is 7. The summed E-state index contributed by atoms with van der Waals surface area (Å²) < 4.78 is 5.28. The second-order valence-electron chi connectivity index (χ2n) is 7.18. The van der Waals surface area contributed by atoms with Crippen LogP contribution in [0.3, 0.4) is 0 Å². The number of fused-ring (bicyclic) bond motifs is 1. The lowest BCUT2D eigenvalue weighted by Crippen LogP contribution is -2.38. The second kappa shape index (κ2) is 7.22. The fourth-order valence-corrected chi connectivity index (χ4v) is 3.79. The van der Waals surface area contributed by atoms with Gasteiger partial charge >= 0.3 is 0 Å². The number of likely N-dealkylation sites (N-methyl/N-ethyl adjacent to an activating group) is 1. The van der Waals surface area contributed by atoms with E-state index in [9.17, 15) is 9.90 Å². The van der Waals surface area contributed by atoms with Crippen LogP contribution < -0.4 is 16.1 Å². The van der Waals surface area contributed by atoms with Gasteiger partial charge in [0.15, 0.2) is 6.10 Å². The zero-order valence-corrected chi connectivity index (χ0v) is 15.1. The maximum absolute atomic E-state index is 12.4. The smallest absolute Gasteiger partial charge is 0.251 e. The van der Waals surface area contributed by atoms with Gasteiger partial charge in [-0.05, 0) is 43.0 Å². The van der Waals surface area contributed by atoms with Crippen LogP contribution in [0.4, 0.5) is 0 Å². The predicted octanol–water partition coefficient (Wildman–Crippen LogP) is 0.256. The van der Waals surface area contributed by atoms with E-state index in [-0.39, 0.29) is 24.3 Å². The zero-order chi connectivity index (χ0) is 18.3. The van der Waals surface area contributed by atoms with E-state index in [1.807, 2.05) is 0 Å². The van der Waals surface area contributed by atoms with Gasteiger partial charge in [0.05, 0.1) is 6.04 Å². The average Bonchev–Trinajstić information content (AvgIpc) is 3.34. The molecule has 0 spiro atoms. The molecule has 142 valence electrons. The number of hydrogen-bond donors (Lipinski definition) is 4. The number of carbonyl (C=O) groups excluding carboxylic acids is 1. The molecule has 4 N–H and O–H groups in total. The van der Waals surface area contributed by atoms with Crippen molar-refractivity contribution < 1.29 is 19.5 Å². The first-order valence-corrected chi connectivity index (χ1v) is 9.19. The average molecular weight is 362 g/mol. The molecule has 4 rings (SSSR count). The highest BCUT2D eigenvalue weighted by molar-refractivity contribution is 5.82. The van der Waals surface area contributed by atoms with Crippen molar-refractivity contribution in [2.75, 3.05) is 13.6 Å². The molecule has 2 fully saturated rings. The van der Waals surface area contributed by atoms with Gasteiger partial charge in [-0.3, -0.25) is 19.8 Å². The SMILES string of the molecule is CCC1NC(c2ccc3c(c2)CC[C@H]3NC(=O)C2CN(C)C(O)O2)NO1. The summed E-state index contributed by atoms with van der Waals surface area (Å²) in [4.78, 5) is 19.5. The van der Waals surface area contributed by atoms with Crippen molar-refractivity contribution in [1.29, 1.82) is 0 Å². The maximum Gasteiger partial charge on any atom is 0.251 e. The Balaban J connectivity index is 1.41. The monoisotopic (exact) mass is 362 g/mol. The number of ether oxygens (including phenoxy) is 1. The van der Waals surface area contributed by atoms with E-state index in [0.717, 1.165) is 30.4 Å². The molecule has 2 aliphatic heterocycles. The summed E-state index contributed by atoms with van der Waals surface area (Å²) in [5.74, 6) is -0.173. The Hall–Kier alpha value is -1.55. The van der Waals surface area contributed by atoms with Gasteiger partial charge in [-0.2, -0.15) is 5.48 Å². The number of amides is 1. The van der Waals surface area contributed by atoms with Gasteiger partial charge in [0.1, 0.15) is 12.4 Å².